The molecule has 6 heteroatoms. The van der Waals surface area contributed by atoms with Gasteiger partial charge in [0.05, 0.1) is 18.8 Å². The summed E-state index contributed by atoms with van der Waals surface area (Å²) in [5, 5.41) is 9.71. The van der Waals surface area contributed by atoms with Crippen LogP contribution in [0.3, 0.4) is 0 Å². The van der Waals surface area contributed by atoms with Crippen molar-refractivity contribution in [3.63, 3.8) is 0 Å². The Morgan fingerprint density at radius 2 is 1.71 bits per heavy atom. The third-order valence-electron chi connectivity index (χ3n) is 5.61. The second-order valence-electron chi connectivity index (χ2n) is 8.67. The van der Waals surface area contributed by atoms with Crippen molar-refractivity contribution in [1.29, 1.82) is 0 Å². The van der Waals surface area contributed by atoms with Crippen LogP contribution in [0.2, 0.25) is 5.02 Å². The number of hydrogen-bond donors (Lipinski definition) is 1. The molecule has 5 nitrogen and oxygen atoms in total. The highest BCUT2D eigenvalue weighted by Gasteiger charge is 2.18. The molecule has 1 unspecified atom stereocenters. The highest BCUT2D eigenvalue weighted by Crippen LogP contribution is 2.30. The summed E-state index contributed by atoms with van der Waals surface area (Å²) in [6, 6.07) is 14.2. The fourth-order valence-electron chi connectivity index (χ4n) is 3.51. The molecule has 188 valence electrons. The van der Waals surface area contributed by atoms with Crippen molar-refractivity contribution in [2.45, 2.75) is 58.5 Å². The lowest BCUT2D eigenvalue weighted by atomic mass is 9.98. The zero-order chi connectivity index (χ0) is 25.8. The minimum atomic E-state index is -0.671. The van der Waals surface area contributed by atoms with Crippen LogP contribution in [0.5, 0.6) is 0 Å². The lowest BCUT2D eigenvalue weighted by Crippen LogP contribution is -2.24. The fraction of sp³-hybridized carbons (Fsp3) is 0.379. The van der Waals surface area contributed by atoms with E-state index in [1.165, 1.54) is 18.4 Å². The van der Waals surface area contributed by atoms with Crippen molar-refractivity contribution in [3.8, 4) is 11.1 Å². The van der Waals surface area contributed by atoms with Gasteiger partial charge in [-0.25, -0.2) is 9.59 Å². The van der Waals surface area contributed by atoms with Crippen LogP contribution in [0.4, 0.5) is 0 Å². The van der Waals surface area contributed by atoms with Crippen LogP contribution in [0.15, 0.2) is 66.8 Å². The van der Waals surface area contributed by atoms with Crippen LogP contribution < -0.4 is 0 Å². The summed E-state index contributed by atoms with van der Waals surface area (Å²) in [6.07, 6.45) is 4.83. The summed E-state index contributed by atoms with van der Waals surface area (Å²) in [4.78, 5) is 23.8. The second-order valence-corrected chi connectivity index (χ2v) is 9.07. The first-order valence-corrected chi connectivity index (χ1v) is 12.3. The van der Waals surface area contributed by atoms with E-state index >= 15 is 0 Å². The molecule has 2 aromatic rings. The molecule has 0 fully saturated rings. The summed E-state index contributed by atoms with van der Waals surface area (Å²) >= 11 is 6.57. The van der Waals surface area contributed by atoms with Gasteiger partial charge in [-0.05, 0) is 42.5 Å². The molecule has 0 aliphatic heterocycles. The number of rotatable bonds is 14. The number of esters is 2. The Bertz CT molecular complexity index is 1030. The van der Waals surface area contributed by atoms with Gasteiger partial charge in [0, 0.05) is 29.0 Å². The molecule has 0 saturated carbocycles. The largest absolute Gasteiger partial charge is 0.462 e. The van der Waals surface area contributed by atoms with E-state index in [0.29, 0.717) is 18.4 Å². The first kappa shape index (κ1) is 28.3. The number of unbranched alkanes of at least 4 members (excludes halogenated alkanes) is 2. The second kappa shape index (κ2) is 14.5. The van der Waals surface area contributed by atoms with E-state index in [0.717, 1.165) is 34.6 Å². The van der Waals surface area contributed by atoms with Crippen LogP contribution in [0.1, 0.15) is 50.7 Å². The molecular weight excluding hydrogens is 464 g/mol. The average Bonchev–Trinajstić information content (AvgIpc) is 2.84. The summed E-state index contributed by atoms with van der Waals surface area (Å²) in [5.41, 5.74) is 4.46. The van der Waals surface area contributed by atoms with Crippen LogP contribution in [-0.2, 0) is 31.9 Å². The minimum absolute atomic E-state index is 0.0243. The Kier molecular flexibility index (Phi) is 11.7. The number of halogens is 1. The Hall–Kier alpha value is -2.89. The first-order valence-electron chi connectivity index (χ1n) is 11.9. The van der Waals surface area contributed by atoms with Crippen molar-refractivity contribution in [2.75, 3.05) is 13.2 Å². The SMILES string of the molecule is C=C(C)C(=O)OC(CCOC(=O)C(=C)CO)Cc1ccc(-c2ccc(CCCCC)cc2Cl)cc1. The number of carbonyl (C=O) groups is 2. The number of aryl methyl sites for hydroxylation is 1. The maximum absolute atomic E-state index is 12.1. The van der Waals surface area contributed by atoms with Gasteiger partial charge in [0.25, 0.3) is 0 Å². The van der Waals surface area contributed by atoms with Crippen molar-refractivity contribution in [1.82, 2.24) is 0 Å². The highest BCUT2D eigenvalue weighted by molar-refractivity contribution is 6.33. The maximum atomic E-state index is 12.1. The summed E-state index contributed by atoms with van der Waals surface area (Å²) in [7, 11) is 0. The predicted octanol–water partition coefficient (Wildman–Crippen LogP) is 6.25. The maximum Gasteiger partial charge on any atom is 0.335 e. The fourth-order valence-corrected chi connectivity index (χ4v) is 3.83. The standard InChI is InChI=1S/C29H35ClO5/c1-5-6-7-8-22-11-14-26(27(30)18-22)24-12-9-23(10-13-24)17-25(35-28(32)20(2)3)15-16-34-29(33)21(4)19-31/h9-14,18,25,31H,2,4-8,15-17,19H2,1,3H3. The third-order valence-corrected chi connectivity index (χ3v) is 5.92. The molecule has 0 heterocycles. The van der Waals surface area contributed by atoms with E-state index in [9.17, 15) is 9.59 Å². The zero-order valence-electron chi connectivity index (χ0n) is 20.6. The molecule has 0 aliphatic rings. The Morgan fingerprint density at radius 1 is 1.03 bits per heavy atom. The van der Waals surface area contributed by atoms with Gasteiger partial charge in [-0.15, -0.1) is 0 Å². The topological polar surface area (TPSA) is 72.8 Å². The molecule has 0 spiro atoms. The Balaban J connectivity index is 2.06. The lowest BCUT2D eigenvalue weighted by molar-refractivity contribution is -0.146. The molecular formula is C29H35ClO5. The van der Waals surface area contributed by atoms with Crippen LogP contribution in [-0.4, -0.2) is 36.4 Å². The zero-order valence-corrected chi connectivity index (χ0v) is 21.4. The Labute approximate surface area is 213 Å². The molecule has 0 aromatic heterocycles. The molecule has 1 atom stereocenters. The number of ether oxygens (including phenoxy) is 2. The highest BCUT2D eigenvalue weighted by atomic mass is 35.5. The summed E-state index contributed by atoms with van der Waals surface area (Å²) < 4.78 is 10.7. The molecule has 2 rings (SSSR count). The van der Waals surface area contributed by atoms with Gasteiger partial charge in [-0.1, -0.05) is 80.9 Å². The van der Waals surface area contributed by atoms with Crippen molar-refractivity contribution in [2.24, 2.45) is 0 Å². The summed E-state index contributed by atoms with van der Waals surface area (Å²) in [5.74, 6) is -1.17. The van der Waals surface area contributed by atoms with Gasteiger partial charge < -0.3 is 14.6 Å². The molecule has 0 saturated heterocycles. The predicted molar refractivity (Wildman–Crippen MR) is 140 cm³/mol. The van der Waals surface area contributed by atoms with Gasteiger partial charge in [-0.3, -0.25) is 0 Å². The number of aliphatic hydroxyl groups is 1. The van der Waals surface area contributed by atoms with E-state index in [1.54, 1.807) is 6.92 Å². The molecule has 2 aromatic carbocycles. The third kappa shape index (κ3) is 9.35. The molecule has 0 amide bonds. The number of carbonyl (C=O) groups excluding carboxylic acids is 2. The van der Waals surface area contributed by atoms with Gasteiger partial charge in [-0.2, -0.15) is 0 Å². The quantitative estimate of drug-likeness (QED) is 0.189. The number of aliphatic hydroxyl groups excluding tert-OH is 1. The van der Waals surface area contributed by atoms with E-state index in [4.69, 9.17) is 26.2 Å². The van der Waals surface area contributed by atoms with Gasteiger partial charge in [0.1, 0.15) is 6.10 Å². The van der Waals surface area contributed by atoms with Gasteiger partial charge in [0.2, 0.25) is 0 Å². The van der Waals surface area contributed by atoms with E-state index < -0.39 is 24.6 Å². The normalized spacial score (nSPS) is 11.5. The van der Waals surface area contributed by atoms with Crippen molar-refractivity contribution in [3.05, 3.63) is 82.9 Å². The van der Waals surface area contributed by atoms with Crippen LogP contribution >= 0.6 is 11.6 Å². The lowest BCUT2D eigenvalue weighted by Gasteiger charge is -2.18. The van der Waals surface area contributed by atoms with Gasteiger partial charge in [0.15, 0.2) is 0 Å². The van der Waals surface area contributed by atoms with E-state index in [2.05, 4.69) is 32.2 Å². The van der Waals surface area contributed by atoms with E-state index in [1.807, 2.05) is 30.3 Å². The van der Waals surface area contributed by atoms with Crippen molar-refractivity contribution < 1.29 is 24.2 Å². The molecule has 0 aliphatic carbocycles. The van der Waals surface area contributed by atoms with Crippen molar-refractivity contribution >= 4 is 23.5 Å². The molecule has 1 N–H and O–H groups in total. The molecule has 0 radical (unpaired) electrons. The van der Waals surface area contributed by atoms with Crippen LogP contribution in [0.25, 0.3) is 11.1 Å². The van der Waals surface area contributed by atoms with E-state index in [-0.39, 0.29) is 12.2 Å². The minimum Gasteiger partial charge on any atom is -0.462 e. The monoisotopic (exact) mass is 498 g/mol. The number of benzene rings is 2. The Morgan fingerprint density at radius 3 is 2.31 bits per heavy atom. The van der Waals surface area contributed by atoms with Gasteiger partial charge >= 0.3 is 11.9 Å². The smallest absolute Gasteiger partial charge is 0.335 e. The molecule has 0 bridgehead atoms. The van der Waals surface area contributed by atoms with Crippen LogP contribution in [0, 0.1) is 0 Å². The average molecular weight is 499 g/mol. The number of hydrogen-bond acceptors (Lipinski definition) is 5. The molecule has 35 heavy (non-hydrogen) atoms. The first-order chi connectivity index (χ1) is 16.7. The summed E-state index contributed by atoms with van der Waals surface area (Å²) in [6.45, 7) is 10.4.